The van der Waals surface area contributed by atoms with Crippen LogP contribution in [0.3, 0.4) is 0 Å². The van der Waals surface area contributed by atoms with E-state index in [1.165, 1.54) is 20.8 Å². The van der Waals surface area contributed by atoms with Crippen molar-refractivity contribution in [1.82, 2.24) is 26.0 Å². The minimum Gasteiger partial charge on any atom is -0.356 e. The van der Waals surface area contributed by atoms with Gasteiger partial charge in [0.1, 0.15) is 12.1 Å². The van der Waals surface area contributed by atoms with Crippen LogP contribution in [0.25, 0.3) is 0 Å². The SMILES string of the molecule is CC(C)(C)[C@H](NC(=O)C(F)(F)F)C(=O)N1C[C@@H]2C[C@@H]2[C@H]1C(=O)NN(C[C@@H]1CCNC1=O)C(=O)[C@H](F)Cl. The van der Waals surface area contributed by atoms with E-state index in [2.05, 4.69) is 10.7 Å². The van der Waals surface area contributed by atoms with Gasteiger partial charge in [0.05, 0.1) is 12.5 Å². The van der Waals surface area contributed by atoms with Crippen molar-refractivity contribution in [3.05, 3.63) is 0 Å². The summed E-state index contributed by atoms with van der Waals surface area (Å²) in [4.78, 5) is 63.4. The Morgan fingerprint density at radius 2 is 1.86 bits per heavy atom. The lowest BCUT2D eigenvalue weighted by Crippen LogP contribution is -2.61. The van der Waals surface area contributed by atoms with Crippen LogP contribution in [0.2, 0.25) is 0 Å². The van der Waals surface area contributed by atoms with Crippen LogP contribution in [0.4, 0.5) is 17.6 Å². The standard InChI is InChI=1S/C21H28ClF4N5O5/c1-20(2,3)13(28-19(36)21(24,25)26)17(34)30-7-10-6-11(10)12(30)16(33)29-31(18(35)14(22)23)8-9-4-5-27-15(9)32/h9-14H,4-8H2,1-3H3,(H,27,32)(H,28,36)(H,29,33)/t9-,10-,11-,12-,13+,14-/m0/s1. The van der Waals surface area contributed by atoms with E-state index in [9.17, 15) is 41.5 Å². The first kappa shape index (κ1) is 27.9. The van der Waals surface area contributed by atoms with Crippen LogP contribution in [-0.4, -0.2) is 83.0 Å². The van der Waals surface area contributed by atoms with E-state index in [1.54, 1.807) is 5.32 Å². The smallest absolute Gasteiger partial charge is 0.356 e. The van der Waals surface area contributed by atoms with Crippen molar-refractivity contribution in [2.75, 3.05) is 19.6 Å². The molecule has 2 saturated heterocycles. The molecule has 2 heterocycles. The van der Waals surface area contributed by atoms with E-state index in [1.807, 2.05) is 0 Å². The maximum atomic E-state index is 13.6. The van der Waals surface area contributed by atoms with Crippen LogP contribution in [0.1, 0.15) is 33.6 Å². The van der Waals surface area contributed by atoms with Crippen LogP contribution in [0.5, 0.6) is 0 Å². The summed E-state index contributed by atoms with van der Waals surface area (Å²) in [6.07, 6.45) is -4.31. The Morgan fingerprint density at radius 1 is 1.22 bits per heavy atom. The summed E-state index contributed by atoms with van der Waals surface area (Å²) in [5, 5.41) is 4.88. The number of rotatable bonds is 6. The van der Waals surface area contributed by atoms with Crippen molar-refractivity contribution in [2.45, 2.75) is 57.5 Å². The molecule has 36 heavy (non-hydrogen) atoms. The molecular weight excluding hydrogens is 514 g/mol. The molecule has 0 aromatic carbocycles. The predicted octanol–water partition coefficient (Wildman–Crippen LogP) is 0.457. The monoisotopic (exact) mass is 541 g/mol. The Labute approximate surface area is 209 Å². The number of amides is 5. The average Bonchev–Trinajstić information content (AvgIpc) is 3.22. The number of hydrazine groups is 1. The second-order valence-corrected chi connectivity index (χ2v) is 10.8. The molecule has 0 unspecified atom stereocenters. The summed E-state index contributed by atoms with van der Waals surface area (Å²) >= 11 is 5.27. The number of hydrogen-bond donors (Lipinski definition) is 3. The molecule has 3 fully saturated rings. The summed E-state index contributed by atoms with van der Waals surface area (Å²) in [6.45, 7) is 4.44. The third kappa shape index (κ3) is 6.01. The fraction of sp³-hybridized carbons (Fsp3) is 0.762. The quantitative estimate of drug-likeness (QED) is 0.256. The van der Waals surface area contributed by atoms with Crippen molar-refractivity contribution >= 4 is 41.1 Å². The normalized spacial score (nSPS) is 27.0. The highest BCUT2D eigenvalue weighted by Gasteiger charge is 2.59. The maximum absolute atomic E-state index is 13.6. The van der Waals surface area contributed by atoms with Gasteiger partial charge < -0.3 is 15.5 Å². The lowest BCUT2D eigenvalue weighted by molar-refractivity contribution is -0.176. The highest BCUT2D eigenvalue weighted by Crippen LogP contribution is 2.50. The highest BCUT2D eigenvalue weighted by molar-refractivity contribution is 6.29. The molecule has 2 aliphatic heterocycles. The molecule has 3 N–H and O–H groups in total. The van der Waals surface area contributed by atoms with Crippen molar-refractivity contribution in [3.8, 4) is 0 Å². The molecule has 5 amide bonds. The molecule has 1 saturated carbocycles. The van der Waals surface area contributed by atoms with Crippen LogP contribution in [-0.2, 0) is 24.0 Å². The summed E-state index contributed by atoms with van der Waals surface area (Å²) in [7, 11) is 0. The molecule has 1 aliphatic carbocycles. The Bertz CT molecular complexity index is 941. The molecule has 6 atom stereocenters. The van der Waals surface area contributed by atoms with Crippen molar-refractivity contribution in [1.29, 1.82) is 0 Å². The number of nitrogens with one attached hydrogen (secondary N) is 3. The van der Waals surface area contributed by atoms with Gasteiger partial charge in [-0.05, 0) is 30.1 Å². The lowest BCUT2D eigenvalue weighted by Gasteiger charge is -2.37. The minimum absolute atomic E-state index is 0.0657. The summed E-state index contributed by atoms with van der Waals surface area (Å²) in [6, 6.07) is -2.77. The number of halogens is 5. The van der Waals surface area contributed by atoms with Gasteiger partial charge in [0.25, 0.3) is 17.4 Å². The van der Waals surface area contributed by atoms with Crippen LogP contribution in [0.15, 0.2) is 0 Å². The summed E-state index contributed by atoms with van der Waals surface area (Å²) in [5.74, 6) is -6.87. The van der Waals surface area contributed by atoms with Gasteiger partial charge in [0.2, 0.25) is 11.8 Å². The van der Waals surface area contributed by atoms with Gasteiger partial charge in [-0.3, -0.25) is 29.4 Å². The number of fused-ring (bicyclic) bond motifs is 1. The zero-order valence-electron chi connectivity index (χ0n) is 19.8. The molecule has 3 rings (SSSR count). The van der Waals surface area contributed by atoms with Gasteiger partial charge in [-0.25, -0.2) is 9.40 Å². The number of carbonyl (C=O) groups is 5. The van der Waals surface area contributed by atoms with Crippen LogP contribution in [0, 0.1) is 23.2 Å². The Morgan fingerprint density at radius 3 is 2.36 bits per heavy atom. The number of carbonyl (C=O) groups excluding carboxylic acids is 5. The molecule has 0 spiro atoms. The minimum atomic E-state index is -5.22. The first-order valence-corrected chi connectivity index (χ1v) is 11.8. The average molecular weight is 542 g/mol. The van der Waals surface area contributed by atoms with E-state index in [0.717, 1.165) is 4.90 Å². The Balaban J connectivity index is 1.80. The third-order valence-electron chi connectivity index (χ3n) is 6.61. The van der Waals surface area contributed by atoms with Crippen LogP contribution >= 0.6 is 11.6 Å². The van der Waals surface area contributed by atoms with Crippen molar-refractivity contribution in [2.24, 2.45) is 23.2 Å². The molecular formula is C21H28ClF4N5O5. The van der Waals surface area contributed by atoms with E-state index in [4.69, 9.17) is 11.6 Å². The molecule has 0 aromatic rings. The van der Waals surface area contributed by atoms with E-state index < -0.39 is 58.9 Å². The molecule has 0 radical (unpaired) electrons. The van der Waals surface area contributed by atoms with E-state index in [-0.39, 0.29) is 30.8 Å². The zero-order chi connectivity index (χ0) is 27.2. The van der Waals surface area contributed by atoms with Crippen LogP contribution < -0.4 is 16.1 Å². The second-order valence-electron chi connectivity index (χ2n) is 10.4. The largest absolute Gasteiger partial charge is 0.471 e. The number of hydrogen-bond acceptors (Lipinski definition) is 5. The Kier molecular flexibility index (Phi) is 7.78. The molecule has 10 nitrogen and oxygen atoms in total. The maximum Gasteiger partial charge on any atom is 0.471 e. The zero-order valence-corrected chi connectivity index (χ0v) is 20.6. The fourth-order valence-electron chi connectivity index (χ4n) is 4.60. The number of likely N-dealkylation sites (tertiary alicyclic amines) is 1. The van der Waals surface area contributed by atoms with Gasteiger partial charge in [0, 0.05) is 13.1 Å². The Hall–Kier alpha value is -2.64. The number of nitrogens with zero attached hydrogens (tertiary/aromatic N) is 2. The third-order valence-corrected chi connectivity index (χ3v) is 6.80. The van der Waals surface area contributed by atoms with E-state index >= 15 is 0 Å². The molecule has 15 heteroatoms. The van der Waals surface area contributed by atoms with Gasteiger partial charge in [-0.1, -0.05) is 32.4 Å². The van der Waals surface area contributed by atoms with Crippen molar-refractivity contribution in [3.63, 3.8) is 0 Å². The molecule has 0 aromatic heterocycles. The number of piperidine rings is 1. The summed E-state index contributed by atoms with van der Waals surface area (Å²) in [5.41, 5.74) is -1.39. The van der Waals surface area contributed by atoms with Gasteiger partial charge in [-0.15, -0.1) is 0 Å². The topological polar surface area (TPSA) is 128 Å². The van der Waals surface area contributed by atoms with Gasteiger partial charge in [-0.2, -0.15) is 13.2 Å². The van der Waals surface area contributed by atoms with Gasteiger partial charge >= 0.3 is 12.1 Å². The molecule has 0 bridgehead atoms. The number of alkyl halides is 5. The van der Waals surface area contributed by atoms with E-state index in [0.29, 0.717) is 24.4 Å². The second kappa shape index (κ2) is 10.0. The first-order valence-electron chi connectivity index (χ1n) is 11.4. The molecule has 3 aliphatic rings. The highest BCUT2D eigenvalue weighted by atomic mass is 35.5. The van der Waals surface area contributed by atoms with Crippen molar-refractivity contribution < 1.29 is 41.5 Å². The summed E-state index contributed by atoms with van der Waals surface area (Å²) < 4.78 is 52.3. The first-order chi connectivity index (χ1) is 16.5. The predicted molar refractivity (Wildman–Crippen MR) is 116 cm³/mol. The molecule has 202 valence electrons. The lowest BCUT2D eigenvalue weighted by atomic mass is 9.85. The van der Waals surface area contributed by atoms with Gasteiger partial charge in [0.15, 0.2) is 0 Å². The fourth-order valence-corrected chi connectivity index (χ4v) is 4.72.